The molecule has 0 aliphatic heterocycles. The average Bonchev–Trinajstić information content (AvgIpc) is 3.06. The smallest absolute Gasteiger partial charge is 0.258 e. The number of benzene rings is 3. The standard InChI is InChI=1S/C19H9N5O8/c25-21(26)11-3-1-10(2-4-11)20-19-15-7-12(22(27)28)5-6-14(15)18-16(19)8-13(23(29)30)9-17(18)24(31)32/h1-9H/b20-19+. The fourth-order valence-electron chi connectivity index (χ4n) is 3.43. The van der Waals surface area contributed by atoms with Crippen molar-refractivity contribution >= 4 is 34.1 Å². The number of aliphatic imine (C=N–C) groups is 1. The number of hydrogen-bond donors (Lipinski definition) is 0. The van der Waals surface area contributed by atoms with Crippen LogP contribution in [-0.4, -0.2) is 25.4 Å². The number of nitrogens with zero attached hydrogens (tertiary/aromatic N) is 5. The number of nitro benzene ring substituents is 4. The van der Waals surface area contributed by atoms with Gasteiger partial charge in [0.1, 0.15) is 0 Å². The van der Waals surface area contributed by atoms with E-state index in [9.17, 15) is 40.5 Å². The molecule has 3 aromatic rings. The van der Waals surface area contributed by atoms with E-state index in [1.807, 2.05) is 0 Å². The van der Waals surface area contributed by atoms with Crippen molar-refractivity contribution in [3.63, 3.8) is 0 Å². The summed E-state index contributed by atoms with van der Waals surface area (Å²) in [6.45, 7) is 0. The molecule has 0 heterocycles. The molecule has 0 radical (unpaired) electrons. The minimum absolute atomic E-state index is 0.0411. The molecule has 13 nitrogen and oxygen atoms in total. The van der Waals surface area contributed by atoms with Crippen LogP contribution in [0, 0.1) is 40.5 Å². The van der Waals surface area contributed by atoms with Crippen LogP contribution in [0.25, 0.3) is 11.1 Å². The number of nitro groups is 4. The first-order chi connectivity index (χ1) is 15.2. The van der Waals surface area contributed by atoms with Gasteiger partial charge in [-0.3, -0.25) is 40.5 Å². The summed E-state index contributed by atoms with van der Waals surface area (Å²) in [5, 5.41) is 45.1. The topological polar surface area (TPSA) is 185 Å². The molecule has 13 heteroatoms. The Balaban J connectivity index is 2.03. The van der Waals surface area contributed by atoms with E-state index in [0.717, 1.165) is 12.1 Å². The van der Waals surface area contributed by atoms with Gasteiger partial charge in [-0.15, -0.1) is 0 Å². The van der Waals surface area contributed by atoms with E-state index in [-0.39, 0.29) is 45.0 Å². The van der Waals surface area contributed by atoms with Crippen molar-refractivity contribution in [3.05, 3.63) is 106 Å². The molecule has 0 bridgehead atoms. The van der Waals surface area contributed by atoms with Gasteiger partial charge in [0.25, 0.3) is 22.7 Å². The molecule has 158 valence electrons. The van der Waals surface area contributed by atoms with E-state index in [1.165, 1.54) is 42.5 Å². The summed E-state index contributed by atoms with van der Waals surface area (Å²) in [7, 11) is 0. The lowest BCUT2D eigenvalue weighted by Gasteiger charge is -2.03. The molecule has 0 spiro atoms. The second-order valence-electron chi connectivity index (χ2n) is 6.62. The first-order valence-corrected chi connectivity index (χ1v) is 8.77. The zero-order valence-corrected chi connectivity index (χ0v) is 15.7. The quantitative estimate of drug-likeness (QED) is 0.324. The van der Waals surface area contributed by atoms with Crippen LogP contribution in [0.3, 0.4) is 0 Å². The summed E-state index contributed by atoms with van der Waals surface area (Å²) in [6.07, 6.45) is 0. The van der Waals surface area contributed by atoms with E-state index in [1.54, 1.807) is 0 Å². The number of non-ortho nitro benzene ring substituents is 3. The van der Waals surface area contributed by atoms with E-state index in [4.69, 9.17) is 0 Å². The Labute approximate surface area is 176 Å². The van der Waals surface area contributed by atoms with Crippen LogP contribution in [0.15, 0.2) is 59.6 Å². The molecule has 0 saturated carbocycles. The van der Waals surface area contributed by atoms with Crippen LogP contribution in [0.2, 0.25) is 0 Å². The third kappa shape index (κ3) is 3.28. The van der Waals surface area contributed by atoms with Crippen LogP contribution in [-0.2, 0) is 0 Å². The van der Waals surface area contributed by atoms with Gasteiger partial charge in [-0.2, -0.15) is 0 Å². The second kappa shape index (κ2) is 7.32. The van der Waals surface area contributed by atoms with Crippen LogP contribution in [0.4, 0.5) is 28.4 Å². The second-order valence-corrected chi connectivity index (χ2v) is 6.62. The van der Waals surface area contributed by atoms with E-state index in [2.05, 4.69) is 4.99 Å². The van der Waals surface area contributed by atoms with Gasteiger partial charge in [0.2, 0.25) is 0 Å². The zero-order valence-electron chi connectivity index (χ0n) is 15.7. The fraction of sp³-hybridized carbons (Fsp3) is 0. The summed E-state index contributed by atoms with van der Waals surface area (Å²) in [5.74, 6) is 0. The van der Waals surface area contributed by atoms with Crippen molar-refractivity contribution in [2.24, 2.45) is 4.99 Å². The molecular formula is C19H9N5O8. The average molecular weight is 435 g/mol. The molecule has 32 heavy (non-hydrogen) atoms. The maximum Gasteiger partial charge on any atom is 0.284 e. The lowest BCUT2D eigenvalue weighted by molar-refractivity contribution is -0.393. The van der Waals surface area contributed by atoms with Crippen LogP contribution >= 0.6 is 0 Å². The summed E-state index contributed by atoms with van der Waals surface area (Å²) in [4.78, 5) is 46.7. The van der Waals surface area contributed by atoms with Crippen molar-refractivity contribution in [3.8, 4) is 11.1 Å². The molecule has 0 atom stereocenters. The lowest BCUT2D eigenvalue weighted by atomic mass is 10.0. The maximum absolute atomic E-state index is 11.7. The minimum Gasteiger partial charge on any atom is -0.258 e. The van der Waals surface area contributed by atoms with Crippen molar-refractivity contribution < 1.29 is 19.7 Å². The zero-order chi connectivity index (χ0) is 23.2. The van der Waals surface area contributed by atoms with Crippen LogP contribution < -0.4 is 0 Å². The molecule has 0 N–H and O–H groups in total. The largest absolute Gasteiger partial charge is 0.284 e. The van der Waals surface area contributed by atoms with Gasteiger partial charge in [-0.25, -0.2) is 4.99 Å². The molecule has 0 saturated heterocycles. The molecule has 0 aromatic heterocycles. The number of hydrogen-bond acceptors (Lipinski definition) is 9. The highest BCUT2D eigenvalue weighted by molar-refractivity contribution is 6.27. The fourth-order valence-corrected chi connectivity index (χ4v) is 3.43. The van der Waals surface area contributed by atoms with Crippen LogP contribution in [0.5, 0.6) is 0 Å². The van der Waals surface area contributed by atoms with Crippen molar-refractivity contribution in [1.82, 2.24) is 0 Å². The molecule has 1 aliphatic rings. The Hall–Kier alpha value is -5.07. The third-order valence-corrected chi connectivity index (χ3v) is 4.80. The summed E-state index contributed by atoms with van der Waals surface area (Å²) in [6, 6.07) is 10.6. The van der Waals surface area contributed by atoms with Gasteiger partial charge < -0.3 is 0 Å². The molecule has 0 unspecified atom stereocenters. The Kier molecular flexibility index (Phi) is 4.62. The molecule has 1 aliphatic carbocycles. The third-order valence-electron chi connectivity index (χ3n) is 4.80. The molecule has 4 rings (SSSR count). The highest BCUT2D eigenvalue weighted by Crippen LogP contribution is 2.46. The van der Waals surface area contributed by atoms with Gasteiger partial charge in [0.15, 0.2) is 0 Å². The molecular weight excluding hydrogens is 426 g/mol. The highest BCUT2D eigenvalue weighted by Gasteiger charge is 2.36. The SMILES string of the molecule is O=[N+]([O-])c1ccc(/N=C2\c3cc([N+](=O)[O-])ccc3-c3c2cc([N+](=O)[O-])cc3[N+](=O)[O-])cc1. The molecule has 3 aromatic carbocycles. The van der Waals surface area contributed by atoms with Crippen molar-refractivity contribution in [1.29, 1.82) is 0 Å². The predicted molar refractivity (Wildman–Crippen MR) is 110 cm³/mol. The first kappa shape index (κ1) is 20.2. The van der Waals surface area contributed by atoms with E-state index >= 15 is 0 Å². The normalized spacial score (nSPS) is 12.8. The number of rotatable bonds is 5. The molecule has 0 fully saturated rings. The minimum atomic E-state index is -0.789. The Bertz CT molecular complexity index is 1380. The number of fused-ring (bicyclic) bond motifs is 3. The van der Waals surface area contributed by atoms with Gasteiger partial charge in [-0.1, -0.05) is 0 Å². The molecule has 0 amide bonds. The highest BCUT2D eigenvalue weighted by atomic mass is 16.6. The summed E-state index contributed by atoms with van der Waals surface area (Å²) < 4.78 is 0. The summed E-state index contributed by atoms with van der Waals surface area (Å²) in [5.41, 5.74) is -0.792. The Morgan fingerprint density at radius 3 is 1.69 bits per heavy atom. The van der Waals surface area contributed by atoms with E-state index in [0.29, 0.717) is 0 Å². The van der Waals surface area contributed by atoms with Crippen molar-refractivity contribution in [2.75, 3.05) is 0 Å². The lowest BCUT2D eigenvalue weighted by Crippen LogP contribution is -2.01. The van der Waals surface area contributed by atoms with Gasteiger partial charge in [0.05, 0.1) is 42.7 Å². The van der Waals surface area contributed by atoms with E-state index < -0.39 is 31.1 Å². The first-order valence-electron chi connectivity index (χ1n) is 8.77. The monoisotopic (exact) mass is 435 g/mol. The van der Waals surface area contributed by atoms with Gasteiger partial charge >= 0.3 is 0 Å². The Morgan fingerprint density at radius 2 is 1.12 bits per heavy atom. The maximum atomic E-state index is 11.7. The van der Waals surface area contributed by atoms with Gasteiger partial charge in [0, 0.05) is 41.5 Å². The van der Waals surface area contributed by atoms with Crippen LogP contribution in [0.1, 0.15) is 11.1 Å². The van der Waals surface area contributed by atoms with Crippen molar-refractivity contribution in [2.45, 2.75) is 0 Å². The summed E-state index contributed by atoms with van der Waals surface area (Å²) >= 11 is 0. The Morgan fingerprint density at radius 1 is 0.562 bits per heavy atom. The predicted octanol–water partition coefficient (Wildman–Crippen LogP) is 4.47. The van der Waals surface area contributed by atoms with Gasteiger partial charge in [-0.05, 0) is 23.8 Å².